The average molecular weight is 230 g/mol. The summed E-state index contributed by atoms with van der Waals surface area (Å²) >= 11 is 3.58. The molecule has 0 aliphatic heterocycles. The third kappa shape index (κ3) is 3.98. The first-order chi connectivity index (χ1) is 6.74. The highest BCUT2D eigenvalue weighted by Crippen LogP contribution is 2.13. The smallest absolute Gasteiger partial charge is 0.0795 e. The Morgan fingerprint density at radius 3 is 2.93 bits per heavy atom. The van der Waals surface area contributed by atoms with Crippen molar-refractivity contribution >= 4 is 23.1 Å². The molecule has 2 nitrogen and oxygen atoms in total. The minimum absolute atomic E-state index is 0.385. The summed E-state index contributed by atoms with van der Waals surface area (Å²) in [4.78, 5) is 4.28. The van der Waals surface area contributed by atoms with Gasteiger partial charge in [0.25, 0.3) is 0 Å². The lowest BCUT2D eigenvalue weighted by atomic mass is 10.2. The SMILES string of the molecule is CSC(C)CCNC(C)c1cscn1. The van der Waals surface area contributed by atoms with Gasteiger partial charge in [0, 0.05) is 16.7 Å². The van der Waals surface area contributed by atoms with Gasteiger partial charge in [-0.3, -0.25) is 0 Å². The van der Waals surface area contributed by atoms with Crippen LogP contribution in [0.4, 0.5) is 0 Å². The van der Waals surface area contributed by atoms with Crippen molar-refractivity contribution in [2.24, 2.45) is 0 Å². The fourth-order valence-electron chi connectivity index (χ4n) is 1.16. The molecule has 1 N–H and O–H groups in total. The third-order valence-corrected chi connectivity index (χ3v) is 3.94. The summed E-state index contributed by atoms with van der Waals surface area (Å²) < 4.78 is 0. The molecule has 0 bridgehead atoms. The van der Waals surface area contributed by atoms with Crippen LogP contribution in [-0.4, -0.2) is 23.0 Å². The van der Waals surface area contributed by atoms with Gasteiger partial charge in [-0.1, -0.05) is 6.92 Å². The Labute approximate surface area is 94.5 Å². The Bertz CT molecular complexity index is 236. The zero-order valence-corrected chi connectivity index (χ0v) is 10.6. The van der Waals surface area contributed by atoms with Crippen molar-refractivity contribution < 1.29 is 0 Å². The van der Waals surface area contributed by atoms with Crippen LogP contribution in [0.5, 0.6) is 0 Å². The lowest BCUT2D eigenvalue weighted by molar-refractivity contribution is 0.549. The first-order valence-corrected chi connectivity index (χ1v) is 7.11. The van der Waals surface area contributed by atoms with E-state index in [1.807, 2.05) is 17.3 Å². The van der Waals surface area contributed by atoms with Crippen LogP contribution in [0.1, 0.15) is 32.0 Å². The number of thioether (sulfide) groups is 1. The summed E-state index contributed by atoms with van der Waals surface area (Å²) in [7, 11) is 0. The number of nitrogens with zero attached hydrogens (tertiary/aromatic N) is 1. The van der Waals surface area contributed by atoms with Crippen LogP contribution in [0, 0.1) is 0 Å². The predicted octanol–water partition coefficient (Wildman–Crippen LogP) is 2.94. The minimum atomic E-state index is 0.385. The summed E-state index contributed by atoms with van der Waals surface area (Å²) in [5, 5.41) is 6.33. The Morgan fingerprint density at radius 2 is 2.36 bits per heavy atom. The van der Waals surface area contributed by atoms with E-state index in [4.69, 9.17) is 0 Å². The number of nitrogens with one attached hydrogen (secondary N) is 1. The van der Waals surface area contributed by atoms with Crippen molar-refractivity contribution in [1.29, 1.82) is 0 Å². The maximum Gasteiger partial charge on any atom is 0.0795 e. The Hall–Kier alpha value is -0.0600. The minimum Gasteiger partial charge on any atom is -0.309 e. The average Bonchev–Trinajstić information content (AvgIpc) is 2.70. The summed E-state index contributed by atoms with van der Waals surface area (Å²) in [6, 6.07) is 0.385. The summed E-state index contributed by atoms with van der Waals surface area (Å²) in [6.45, 7) is 5.50. The second-order valence-electron chi connectivity index (χ2n) is 3.42. The van der Waals surface area contributed by atoms with Crippen LogP contribution in [0.25, 0.3) is 0 Å². The molecular formula is C10H18N2S2. The van der Waals surface area contributed by atoms with E-state index in [1.54, 1.807) is 11.3 Å². The van der Waals surface area contributed by atoms with E-state index in [0.717, 1.165) is 17.5 Å². The topological polar surface area (TPSA) is 24.9 Å². The van der Waals surface area contributed by atoms with Gasteiger partial charge in [-0.2, -0.15) is 11.8 Å². The van der Waals surface area contributed by atoms with Gasteiger partial charge < -0.3 is 5.32 Å². The molecule has 0 aliphatic rings. The normalized spacial score (nSPS) is 15.4. The van der Waals surface area contributed by atoms with Crippen molar-refractivity contribution in [2.45, 2.75) is 31.6 Å². The molecule has 80 valence electrons. The first kappa shape index (κ1) is 12.0. The van der Waals surface area contributed by atoms with E-state index < -0.39 is 0 Å². The van der Waals surface area contributed by atoms with Crippen molar-refractivity contribution in [1.82, 2.24) is 10.3 Å². The van der Waals surface area contributed by atoms with E-state index >= 15 is 0 Å². The molecule has 1 aromatic heterocycles. The maximum atomic E-state index is 4.28. The van der Waals surface area contributed by atoms with Gasteiger partial charge in [0.15, 0.2) is 0 Å². The second-order valence-corrected chi connectivity index (χ2v) is 5.42. The van der Waals surface area contributed by atoms with Crippen molar-refractivity contribution in [3.05, 3.63) is 16.6 Å². The molecule has 0 amide bonds. The summed E-state index contributed by atoms with van der Waals surface area (Å²) in [5.41, 5.74) is 3.05. The molecule has 4 heteroatoms. The largest absolute Gasteiger partial charge is 0.309 e. The van der Waals surface area contributed by atoms with E-state index in [2.05, 4.69) is 35.8 Å². The van der Waals surface area contributed by atoms with Gasteiger partial charge in [0.1, 0.15) is 0 Å². The Kier molecular flexibility index (Phi) is 5.52. The number of thiazole rings is 1. The molecule has 0 saturated carbocycles. The lowest BCUT2D eigenvalue weighted by Crippen LogP contribution is -2.22. The van der Waals surface area contributed by atoms with Gasteiger partial charge in [-0.25, -0.2) is 4.98 Å². The molecule has 1 aromatic rings. The maximum absolute atomic E-state index is 4.28. The highest BCUT2D eigenvalue weighted by molar-refractivity contribution is 7.99. The van der Waals surface area contributed by atoms with Crippen LogP contribution < -0.4 is 5.32 Å². The fraction of sp³-hybridized carbons (Fsp3) is 0.700. The van der Waals surface area contributed by atoms with Gasteiger partial charge >= 0.3 is 0 Å². The highest BCUT2D eigenvalue weighted by atomic mass is 32.2. The number of hydrogen-bond acceptors (Lipinski definition) is 4. The number of hydrogen-bond donors (Lipinski definition) is 1. The molecule has 1 heterocycles. The molecule has 2 unspecified atom stereocenters. The fourth-order valence-corrected chi connectivity index (χ4v) is 2.16. The van der Waals surface area contributed by atoms with Crippen LogP contribution in [0.15, 0.2) is 10.9 Å². The van der Waals surface area contributed by atoms with Crippen molar-refractivity contribution in [3.63, 3.8) is 0 Å². The Morgan fingerprint density at radius 1 is 1.57 bits per heavy atom. The van der Waals surface area contributed by atoms with Gasteiger partial charge in [-0.15, -0.1) is 11.3 Å². The van der Waals surface area contributed by atoms with E-state index in [1.165, 1.54) is 6.42 Å². The highest BCUT2D eigenvalue weighted by Gasteiger charge is 2.06. The van der Waals surface area contributed by atoms with E-state index in [-0.39, 0.29) is 0 Å². The molecule has 14 heavy (non-hydrogen) atoms. The zero-order valence-electron chi connectivity index (χ0n) is 8.99. The summed E-state index contributed by atoms with van der Waals surface area (Å²) in [5.74, 6) is 0. The van der Waals surface area contributed by atoms with E-state index in [0.29, 0.717) is 6.04 Å². The third-order valence-electron chi connectivity index (χ3n) is 2.30. The van der Waals surface area contributed by atoms with Gasteiger partial charge in [0.05, 0.1) is 11.2 Å². The zero-order chi connectivity index (χ0) is 10.4. The molecule has 0 fully saturated rings. The van der Waals surface area contributed by atoms with Crippen molar-refractivity contribution in [3.8, 4) is 0 Å². The summed E-state index contributed by atoms with van der Waals surface area (Å²) in [6.07, 6.45) is 3.38. The van der Waals surface area contributed by atoms with E-state index in [9.17, 15) is 0 Å². The molecule has 0 aromatic carbocycles. The first-order valence-electron chi connectivity index (χ1n) is 4.88. The molecule has 0 spiro atoms. The molecule has 0 aliphatic carbocycles. The molecule has 0 radical (unpaired) electrons. The molecular weight excluding hydrogens is 212 g/mol. The predicted molar refractivity (Wildman–Crippen MR) is 66.1 cm³/mol. The second kappa shape index (κ2) is 6.43. The van der Waals surface area contributed by atoms with Gasteiger partial charge in [-0.05, 0) is 26.1 Å². The van der Waals surface area contributed by atoms with Crippen LogP contribution in [0.3, 0.4) is 0 Å². The quantitative estimate of drug-likeness (QED) is 0.813. The van der Waals surface area contributed by atoms with Crippen molar-refractivity contribution in [2.75, 3.05) is 12.8 Å². The monoisotopic (exact) mass is 230 g/mol. The Balaban J connectivity index is 2.19. The lowest BCUT2D eigenvalue weighted by Gasteiger charge is -2.13. The molecule has 2 atom stereocenters. The standard InChI is InChI=1S/C10H18N2S2/c1-8(13-3)4-5-11-9(2)10-6-14-7-12-10/h6-9,11H,4-5H2,1-3H3. The number of aromatic nitrogens is 1. The van der Waals surface area contributed by atoms with Gasteiger partial charge in [0.2, 0.25) is 0 Å². The molecule has 1 rings (SSSR count). The molecule has 0 saturated heterocycles. The number of rotatable bonds is 6. The van der Waals surface area contributed by atoms with Crippen LogP contribution in [0.2, 0.25) is 0 Å². The van der Waals surface area contributed by atoms with Crippen LogP contribution in [-0.2, 0) is 0 Å². The van der Waals surface area contributed by atoms with Crippen LogP contribution >= 0.6 is 23.1 Å².